The Labute approximate surface area is 217 Å². The van der Waals surface area contributed by atoms with Crippen molar-refractivity contribution in [2.24, 2.45) is 5.73 Å². The molecule has 2 rings (SSSR count). The quantitative estimate of drug-likeness (QED) is 0.141. The molecule has 0 saturated heterocycles. The Morgan fingerprint density at radius 3 is 1.79 bits per heavy atom. The summed E-state index contributed by atoms with van der Waals surface area (Å²) in [6.07, 6.45) is -0.906. The highest BCUT2D eigenvalue weighted by atomic mass is 16.4. The molecule has 0 aliphatic heterocycles. The molecule has 4 unspecified atom stereocenters. The van der Waals surface area contributed by atoms with Crippen LogP contribution >= 0.6 is 0 Å². The number of aliphatic hydroxyl groups excluding tert-OH is 1. The number of nitrogens with one attached hydrogen (secondary N) is 3. The molecule has 0 heterocycles. The van der Waals surface area contributed by atoms with E-state index < -0.39 is 66.9 Å². The first-order valence-corrected chi connectivity index (χ1v) is 11.5. The largest absolute Gasteiger partial charge is 0.508 e. The van der Waals surface area contributed by atoms with Crippen molar-refractivity contribution >= 4 is 29.7 Å². The Kier molecular flexibility index (Phi) is 11.2. The normalized spacial score (nSPS) is 13.8. The van der Waals surface area contributed by atoms with Gasteiger partial charge in [-0.05, 0) is 29.7 Å². The molecule has 2 aromatic carbocycles. The average molecular weight is 531 g/mol. The fourth-order valence-electron chi connectivity index (χ4n) is 3.43. The van der Waals surface area contributed by atoms with Crippen molar-refractivity contribution in [1.29, 1.82) is 0 Å². The lowest BCUT2D eigenvalue weighted by atomic mass is 10.0. The van der Waals surface area contributed by atoms with Crippen LogP contribution in [-0.2, 0) is 36.8 Å². The van der Waals surface area contributed by atoms with Crippen LogP contribution in [0, 0.1) is 0 Å². The zero-order valence-corrected chi connectivity index (χ0v) is 20.2. The number of phenols is 1. The van der Waals surface area contributed by atoms with Gasteiger partial charge in [0.15, 0.2) is 0 Å². The standard InChI is InChI=1S/C25H30N4O9/c26-17(10-15-6-8-16(31)9-7-15)22(34)29-20(13-30)24(36)27-18(11-14-4-2-1-3-5-14)23(35)28-19(25(37)38)12-21(32)33/h1-9,17-20,30-31H,10-13,26H2,(H,27,36)(H,28,35)(H,29,34)(H,32,33)(H,37,38). The number of aliphatic carboxylic acids is 2. The maximum absolute atomic E-state index is 12.9. The molecule has 38 heavy (non-hydrogen) atoms. The Morgan fingerprint density at radius 1 is 0.711 bits per heavy atom. The maximum atomic E-state index is 12.9. The number of benzene rings is 2. The molecule has 9 N–H and O–H groups in total. The van der Waals surface area contributed by atoms with Gasteiger partial charge in [-0.3, -0.25) is 19.2 Å². The molecule has 0 bridgehead atoms. The number of carboxylic acid groups (broad SMARTS) is 2. The van der Waals surface area contributed by atoms with Crippen molar-refractivity contribution in [2.75, 3.05) is 6.61 Å². The number of carbonyl (C=O) groups excluding carboxylic acids is 3. The van der Waals surface area contributed by atoms with E-state index in [1.165, 1.54) is 12.1 Å². The lowest BCUT2D eigenvalue weighted by Gasteiger charge is -2.24. The lowest BCUT2D eigenvalue weighted by Crippen LogP contribution is -2.58. The number of rotatable bonds is 14. The summed E-state index contributed by atoms with van der Waals surface area (Å²) in [4.78, 5) is 60.7. The predicted octanol–water partition coefficient (Wildman–Crippen LogP) is -1.49. The number of hydrogen-bond acceptors (Lipinski definition) is 8. The molecule has 0 aliphatic rings. The van der Waals surface area contributed by atoms with Crippen LogP contribution in [0.5, 0.6) is 5.75 Å². The van der Waals surface area contributed by atoms with Crippen LogP contribution in [0.15, 0.2) is 54.6 Å². The van der Waals surface area contributed by atoms with Gasteiger partial charge in [-0.15, -0.1) is 0 Å². The van der Waals surface area contributed by atoms with Crippen molar-refractivity contribution in [1.82, 2.24) is 16.0 Å². The van der Waals surface area contributed by atoms with Gasteiger partial charge in [0, 0.05) is 6.42 Å². The first kappa shape index (κ1) is 29.7. The summed E-state index contributed by atoms with van der Waals surface area (Å²) in [6, 6.07) is 8.69. The van der Waals surface area contributed by atoms with E-state index in [2.05, 4.69) is 16.0 Å². The van der Waals surface area contributed by atoms with E-state index >= 15 is 0 Å². The minimum absolute atomic E-state index is 0.0375. The summed E-state index contributed by atoms with van der Waals surface area (Å²) >= 11 is 0. The topological polar surface area (TPSA) is 228 Å². The molecular formula is C25H30N4O9. The van der Waals surface area contributed by atoms with Crippen LogP contribution in [-0.4, -0.2) is 80.9 Å². The van der Waals surface area contributed by atoms with Crippen molar-refractivity contribution in [3.8, 4) is 5.75 Å². The predicted molar refractivity (Wildman–Crippen MR) is 133 cm³/mol. The first-order valence-electron chi connectivity index (χ1n) is 11.5. The zero-order valence-electron chi connectivity index (χ0n) is 20.2. The average Bonchev–Trinajstić information content (AvgIpc) is 2.87. The number of hydrogen-bond donors (Lipinski definition) is 8. The number of nitrogens with two attached hydrogens (primary N) is 1. The Hall–Kier alpha value is -4.49. The lowest BCUT2D eigenvalue weighted by molar-refractivity contribution is -0.147. The summed E-state index contributed by atoms with van der Waals surface area (Å²) < 4.78 is 0. The highest BCUT2D eigenvalue weighted by Gasteiger charge is 2.31. The molecule has 4 atom stereocenters. The molecule has 0 aliphatic carbocycles. The molecule has 0 spiro atoms. The van der Waals surface area contributed by atoms with Crippen LogP contribution in [0.1, 0.15) is 17.5 Å². The van der Waals surface area contributed by atoms with Crippen molar-refractivity contribution in [3.05, 3.63) is 65.7 Å². The van der Waals surface area contributed by atoms with Crippen LogP contribution in [0.2, 0.25) is 0 Å². The zero-order chi connectivity index (χ0) is 28.2. The molecule has 2 aromatic rings. The van der Waals surface area contributed by atoms with Gasteiger partial charge >= 0.3 is 11.9 Å². The Balaban J connectivity index is 2.12. The third kappa shape index (κ3) is 9.52. The van der Waals surface area contributed by atoms with Crippen LogP contribution in [0.4, 0.5) is 0 Å². The van der Waals surface area contributed by atoms with Gasteiger partial charge in [-0.1, -0.05) is 42.5 Å². The number of phenolic OH excluding ortho intramolecular Hbond substituents is 1. The van der Waals surface area contributed by atoms with E-state index in [9.17, 15) is 39.3 Å². The number of amides is 3. The highest BCUT2D eigenvalue weighted by molar-refractivity contribution is 5.94. The third-order valence-corrected chi connectivity index (χ3v) is 5.45. The molecule has 13 heteroatoms. The maximum Gasteiger partial charge on any atom is 0.326 e. The van der Waals surface area contributed by atoms with Crippen molar-refractivity contribution in [3.63, 3.8) is 0 Å². The van der Waals surface area contributed by atoms with Gasteiger partial charge in [-0.25, -0.2) is 4.79 Å². The van der Waals surface area contributed by atoms with E-state index in [1.807, 2.05) is 0 Å². The van der Waals surface area contributed by atoms with Gasteiger partial charge in [0.25, 0.3) is 0 Å². The summed E-state index contributed by atoms with van der Waals surface area (Å²) in [5.41, 5.74) is 7.15. The van der Waals surface area contributed by atoms with Crippen LogP contribution in [0.25, 0.3) is 0 Å². The van der Waals surface area contributed by atoms with Crippen LogP contribution < -0.4 is 21.7 Å². The summed E-state index contributed by atoms with van der Waals surface area (Å²) in [7, 11) is 0. The molecule has 0 aromatic heterocycles. The molecule has 0 saturated carbocycles. The molecule has 3 amide bonds. The fraction of sp³-hybridized carbons (Fsp3) is 0.320. The minimum Gasteiger partial charge on any atom is -0.508 e. The second kappa shape index (κ2) is 14.3. The minimum atomic E-state index is -1.75. The second-order valence-electron chi connectivity index (χ2n) is 8.47. The number of aliphatic hydroxyl groups is 1. The van der Waals surface area contributed by atoms with Gasteiger partial charge in [-0.2, -0.15) is 0 Å². The molecule has 0 radical (unpaired) electrons. The van der Waals surface area contributed by atoms with E-state index in [0.29, 0.717) is 11.1 Å². The summed E-state index contributed by atoms with van der Waals surface area (Å²) in [5, 5.41) is 44.1. The number of aromatic hydroxyl groups is 1. The summed E-state index contributed by atoms with van der Waals surface area (Å²) in [6.45, 7) is -0.833. The van der Waals surface area contributed by atoms with E-state index in [1.54, 1.807) is 42.5 Å². The molecular weight excluding hydrogens is 500 g/mol. The Morgan fingerprint density at radius 2 is 1.24 bits per heavy atom. The van der Waals surface area contributed by atoms with Crippen molar-refractivity contribution < 1.29 is 44.4 Å². The molecule has 204 valence electrons. The fourth-order valence-corrected chi connectivity index (χ4v) is 3.43. The van der Waals surface area contributed by atoms with Gasteiger partial charge in [0.2, 0.25) is 17.7 Å². The molecule has 0 fully saturated rings. The SMILES string of the molecule is NC(Cc1ccc(O)cc1)C(=O)NC(CO)C(=O)NC(Cc1ccccc1)C(=O)NC(CC(=O)O)C(=O)O. The van der Waals surface area contributed by atoms with E-state index in [4.69, 9.17) is 10.8 Å². The monoisotopic (exact) mass is 530 g/mol. The van der Waals surface area contributed by atoms with Crippen LogP contribution in [0.3, 0.4) is 0 Å². The second-order valence-corrected chi connectivity index (χ2v) is 8.47. The highest BCUT2D eigenvalue weighted by Crippen LogP contribution is 2.11. The van der Waals surface area contributed by atoms with E-state index in [0.717, 1.165) is 0 Å². The van der Waals surface area contributed by atoms with Gasteiger partial charge in [0.1, 0.15) is 23.9 Å². The smallest absolute Gasteiger partial charge is 0.326 e. The number of carbonyl (C=O) groups is 5. The Bertz CT molecular complexity index is 1130. The molecule has 13 nitrogen and oxygen atoms in total. The van der Waals surface area contributed by atoms with Crippen molar-refractivity contribution in [2.45, 2.75) is 43.4 Å². The first-order chi connectivity index (χ1) is 18.0. The van der Waals surface area contributed by atoms with Gasteiger partial charge in [0.05, 0.1) is 19.1 Å². The van der Waals surface area contributed by atoms with E-state index in [-0.39, 0.29) is 18.6 Å². The summed E-state index contributed by atoms with van der Waals surface area (Å²) in [5.74, 6) is -5.66. The number of carboxylic acids is 2. The third-order valence-electron chi connectivity index (χ3n) is 5.45. The van der Waals surface area contributed by atoms with Gasteiger partial charge < -0.3 is 42.1 Å².